The van der Waals surface area contributed by atoms with Crippen LogP contribution < -0.4 is 20.1 Å². The molecule has 2 amide bonds. The quantitative estimate of drug-likeness (QED) is 0.211. The number of ether oxygens (including phenoxy) is 3. The van der Waals surface area contributed by atoms with Gasteiger partial charge in [-0.15, -0.1) is 0 Å². The second-order valence-electron chi connectivity index (χ2n) is 8.26. The average molecular weight is 526 g/mol. The Morgan fingerprint density at radius 2 is 1.89 bits per heavy atom. The Bertz CT molecular complexity index is 1140. The van der Waals surface area contributed by atoms with Gasteiger partial charge in [-0.3, -0.25) is 19.7 Å². The van der Waals surface area contributed by atoms with Gasteiger partial charge in [-0.1, -0.05) is 36.4 Å². The van der Waals surface area contributed by atoms with Gasteiger partial charge in [0.05, 0.1) is 27.2 Å². The third-order valence-corrected chi connectivity index (χ3v) is 6.07. The van der Waals surface area contributed by atoms with Gasteiger partial charge in [0.15, 0.2) is 16.6 Å². The molecule has 0 spiro atoms. The highest BCUT2D eigenvalue weighted by Gasteiger charge is 2.34. The fourth-order valence-electron chi connectivity index (χ4n) is 3.83. The normalized spacial score (nSPS) is 15.1. The molecule has 1 atom stereocenters. The molecule has 2 aromatic rings. The van der Waals surface area contributed by atoms with E-state index in [9.17, 15) is 14.4 Å². The Labute approximate surface area is 221 Å². The van der Waals surface area contributed by atoms with Gasteiger partial charge >= 0.3 is 5.97 Å². The topological polar surface area (TPSA) is 106 Å². The predicted octanol–water partition coefficient (Wildman–Crippen LogP) is 2.48. The van der Waals surface area contributed by atoms with Crippen LogP contribution in [0.4, 0.5) is 0 Å². The van der Waals surface area contributed by atoms with Crippen LogP contribution >= 0.6 is 12.2 Å². The number of thiocarbonyl (C=S) groups is 1. The van der Waals surface area contributed by atoms with Crippen molar-refractivity contribution in [3.8, 4) is 11.5 Å². The lowest BCUT2D eigenvalue weighted by Gasteiger charge is -2.36. The summed E-state index contributed by atoms with van der Waals surface area (Å²) in [4.78, 5) is 39.0. The maximum Gasteiger partial charge on any atom is 0.308 e. The largest absolute Gasteiger partial charge is 0.493 e. The van der Waals surface area contributed by atoms with E-state index in [1.165, 1.54) is 13.2 Å². The number of aryl methyl sites for hydroxylation is 1. The van der Waals surface area contributed by atoms with E-state index in [2.05, 4.69) is 10.6 Å². The van der Waals surface area contributed by atoms with E-state index >= 15 is 0 Å². The summed E-state index contributed by atoms with van der Waals surface area (Å²) in [7, 11) is 3.07. The van der Waals surface area contributed by atoms with Crippen LogP contribution in [-0.2, 0) is 25.5 Å². The Kier molecular flexibility index (Phi) is 10.5. The van der Waals surface area contributed by atoms with Crippen LogP contribution in [0.25, 0.3) is 6.08 Å². The zero-order valence-corrected chi connectivity index (χ0v) is 21.7. The standard InChI is InChI=1S/C27H31N3O6S/c1-34-22-12-10-20(17-23(22)35-2)11-13-24(31)29-27(37)30-15-14-28-26(33)21(30)18-25(32)36-16-6-9-19-7-4-3-5-8-19/h3-5,7-8,10-13,17,21H,6,9,14-16,18H2,1-2H3,(H,28,33)(H,29,31,37)/b13-11+. The van der Waals surface area contributed by atoms with Gasteiger partial charge in [-0.05, 0) is 54.4 Å². The lowest BCUT2D eigenvalue weighted by Crippen LogP contribution is -2.60. The number of hydrogen-bond donors (Lipinski definition) is 2. The van der Waals surface area contributed by atoms with Crippen molar-refractivity contribution in [2.75, 3.05) is 33.9 Å². The number of carbonyl (C=O) groups is 3. The molecule has 3 rings (SSSR count). The minimum Gasteiger partial charge on any atom is -0.493 e. The van der Waals surface area contributed by atoms with E-state index in [4.69, 9.17) is 26.4 Å². The molecule has 1 heterocycles. The van der Waals surface area contributed by atoms with Gasteiger partial charge in [-0.25, -0.2) is 0 Å². The zero-order chi connectivity index (χ0) is 26.6. The molecule has 1 aliphatic heterocycles. The van der Waals surface area contributed by atoms with Gasteiger partial charge in [-0.2, -0.15) is 0 Å². The molecule has 1 saturated heterocycles. The van der Waals surface area contributed by atoms with E-state index in [-0.39, 0.29) is 24.0 Å². The van der Waals surface area contributed by atoms with E-state index < -0.39 is 17.9 Å². The first-order valence-corrected chi connectivity index (χ1v) is 12.3. The molecule has 0 aromatic heterocycles. The highest BCUT2D eigenvalue weighted by atomic mass is 32.1. The molecule has 1 unspecified atom stereocenters. The van der Waals surface area contributed by atoms with Gasteiger partial charge in [0.2, 0.25) is 11.8 Å². The van der Waals surface area contributed by atoms with Gasteiger partial charge in [0, 0.05) is 19.2 Å². The Hall–Kier alpha value is -3.92. The molecule has 1 fully saturated rings. The lowest BCUT2D eigenvalue weighted by molar-refractivity contribution is -0.147. The molecule has 9 nitrogen and oxygen atoms in total. The summed E-state index contributed by atoms with van der Waals surface area (Å²) in [5, 5.41) is 5.41. The molecule has 10 heteroatoms. The van der Waals surface area contributed by atoms with Crippen LogP contribution in [0.2, 0.25) is 0 Å². The number of hydrogen-bond acceptors (Lipinski definition) is 7. The number of methoxy groups -OCH3 is 2. The van der Waals surface area contributed by atoms with E-state index in [0.29, 0.717) is 31.0 Å². The average Bonchev–Trinajstić information content (AvgIpc) is 2.91. The van der Waals surface area contributed by atoms with Crippen LogP contribution in [0.3, 0.4) is 0 Å². The first kappa shape index (κ1) is 27.7. The van der Waals surface area contributed by atoms with Crippen molar-refractivity contribution in [1.29, 1.82) is 0 Å². The molecule has 0 bridgehead atoms. The number of amides is 2. The maximum atomic E-state index is 12.5. The van der Waals surface area contributed by atoms with Crippen molar-refractivity contribution < 1.29 is 28.6 Å². The van der Waals surface area contributed by atoms with Crippen LogP contribution in [0.1, 0.15) is 24.0 Å². The third kappa shape index (κ3) is 8.32. The lowest BCUT2D eigenvalue weighted by atomic mass is 10.1. The van der Waals surface area contributed by atoms with Crippen molar-refractivity contribution in [3.05, 3.63) is 65.7 Å². The molecule has 2 aromatic carbocycles. The number of rotatable bonds is 10. The summed E-state index contributed by atoms with van der Waals surface area (Å²) in [5.74, 6) is -0.190. The Balaban J connectivity index is 1.52. The molecular weight excluding hydrogens is 494 g/mol. The minimum atomic E-state index is -0.863. The van der Waals surface area contributed by atoms with Crippen LogP contribution in [0.5, 0.6) is 11.5 Å². The fraction of sp³-hybridized carbons (Fsp3) is 0.333. The number of esters is 1. The highest BCUT2D eigenvalue weighted by Crippen LogP contribution is 2.27. The molecule has 0 aliphatic carbocycles. The molecule has 1 aliphatic rings. The summed E-state index contributed by atoms with van der Waals surface area (Å²) >= 11 is 5.39. The highest BCUT2D eigenvalue weighted by molar-refractivity contribution is 7.80. The van der Waals surface area contributed by atoms with Crippen molar-refractivity contribution >= 4 is 41.2 Å². The predicted molar refractivity (Wildman–Crippen MR) is 143 cm³/mol. The molecular formula is C27H31N3O6S. The van der Waals surface area contributed by atoms with Crippen molar-refractivity contribution in [2.45, 2.75) is 25.3 Å². The second-order valence-corrected chi connectivity index (χ2v) is 8.64. The van der Waals surface area contributed by atoms with Gasteiger partial charge < -0.3 is 24.4 Å². The monoisotopic (exact) mass is 525 g/mol. The molecule has 0 radical (unpaired) electrons. The number of piperazine rings is 1. The SMILES string of the molecule is COc1ccc(/C=C/C(=O)NC(=S)N2CCNC(=O)C2CC(=O)OCCCc2ccccc2)cc1OC. The third-order valence-electron chi connectivity index (χ3n) is 5.73. The first-order valence-electron chi connectivity index (χ1n) is 11.9. The van der Waals surface area contributed by atoms with E-state index in [0.717, 1.165) is 17.5 Å². The van der Waals surface area contributed by atoms with Gasteiger partial charge in [0.1, 0.15) is 6.04 Å². The Morgan fingerprint density at radius 1 is 1.14 bits per heavy atom. The van der Waals surface area contributed by atoms with Crippen LogP contribution in [0.15, 0.2) is 54.6 Å². The number of benzene rings is 2. The van der Waals surface area contributed by atoms with Crippen molar-refractivity contribution in [3.63, 3.8) is 0 Å². The van der Waals surface area contributed by atoms with Crippen molar-refractivity contribution in [1.82, 2.24) is 15.5 Å². The smallest absolute Gasteiger partial charge is 0.308 e. The van der Waals surface area contributed by atoms with E-state index in [1.54, 1.807) is 36.3 Å². The summed E-state index contributed by atoms with van der Waals surface area (Å²) in [6.45, 7) is 0.958. The summed E-state index contributed by atoms with van der Waals surface area (Å²) in [6, 6.07) is 14.3. The number of nitrogens with one attached hydrogen (secondary N) is 2. The van der Waals surface area contributed by atoms with Crippen LogP contribution in [-0.4, -0.2) is 67.8 Å². The molecule has 0 saturated carbocycles. The number of carbonyl (C=O) groups excluding carboxylic acids is 3. The van der Waals surface area contributed by atoms with Gasteiger partial charge in [0.25, 0.3) is 0 Å². The molecule has 2 N–H and O–H groups in total. The summed E-state index contributed by atoms with van der Waals surface area (Å²) in [5.41, 5.74) is 1.89. The summed E-state index contributed by atoms with van der Waals surface area (Å²) < 4.78 is 15.8. The maximum absolute atomic E-state index is 12.5. The van der Waals surface area contributed by atoms with E-state index in [1.807, 2.05) is 30.3 Å². The summed E-state index contributed by atoms with van der Waals surface area (Å²) in [6.07, 6.45) is 4.23. The van der Waals surface area contributed by atoms with Crippen molar-refractivity contribution in [2.24, 2.45) is 0 Å². The zero-order valence-electron chi connectivity index (χ0n) is 20.9. The Morgan fingerprint density at radius 3 is 2.62 bits per heavy atom. The molecule has 196 valence electrons. The molecule has 37 heavy (non-hydrogen) atoms. The second kappa shape index (κ2) is 14.0. The minimum absolute atomic E-state index is 0.0682. The first-order chi connectivity index (χ1) is 17.9. The number of nitrogens with zero attached hydrogens (tertiary/aromatic N) is 1. The fourth-order valence-corrected chi connectivity index (χ4v) is 4.15. The van der Waals surface area contributed by atoms with Crippen LogP contribution in [0, 0.1) is 0 Å².